The molecule has 1 N–H and O–H groups in total. The fraction of sp³-hybridized carbons (Fsp3) is 0.188. The summed E-state index contributed by atoms with van der Waals surface area (Å²) in [6.07, 6.45) is 1.71. The monoisotopic (exact) mass is 237 g/mol. The largest absolute Gasteiger partial charge is 0.396 e. The second-order valence-corrected chi connectivity index (χ2v) is 4.21. The zero-order valence-corrected chi connectivity index (χ0v) is 10.1. The highest BCUT2D eigenvalue weighted by molar-refractivity contribution is 5.64. The van der Waals surface area contributed by atoms with E-state index in [0.29, 0.717) is 5.56 Å². The van der Waals surface area contributed by atoms with Gasteiger partial charge in [-0.25, -0.2) is 0 Å². The van der Waals surface area contributed by atoms with Crippen molar-refractivity contribution in [3.8, 4) is 17.2 Å². The summed E-state index contributed by atoms with van der Waals surface area (Å²) < 4.78 is 0. The van der Waals surface area contributed by atoms with Gasteiger partial charge in [0.25, 0.3) is 0 Å². The van der Waals surface area contributed by atoms with Crippen molar-refractivity contribution in [2.75, 3.05) is 6.61 Å². The molecule has 2 aromatic carbocycles. The predicted molar refractivity (Wildman–Crippen MR) is 72.0 cm³/mol. The molecule has 18 heavy (non-hydrogen) atoms. The van der Waals surface area contributed by atoms with Crippen LogP contribution in [-0.2, 0) is 6.42 Å². The van der Waals surface area contributed by atoms with Gasteiger partial charge in [-0.15, -0.1) is 0 Å². The van der Waals surface area contributed by atoms with Crippen LogP contribution in [0.25, 0.3) is 11.1 Å². The SMILES string of the molecule is N#Cc1ccc(-c2ccc(CCCO)cc2)cc1. The van der Waals surface area contributed by atoms with Gasteiger partial charge in [0.2, 0.25) is 0 Å². The summed E-state index contributed by atoms with van der Waals surface area (Å²) >= 11 is 0. The quantitative estimate of drug-likeness (QED) is 0.887. The van der Waals surface area contributed by atoms with Crippen molar-refractivity contribution in [2.24, 2.45) is 0 Å². The van der Waals surface area contributed by atoms with E-state index < -0.39 is 0 Å². The molecule has 0 aromatic heterocycles. The Hall–Kier alpha value is -2.11. The van der Waals surface area contributed by atoms with Crippen LogP contribution in [0.5, 0.6) is 0 Å². The molecule has 0 fully saturated rings. The minimum Gasteiger partial charge on any atom is -0.396 e. The fourth-order valence-corrected chi connectivity index (χ4v) is 1.88. The summed E-state index contributed by atoms with van der Waals surface area (Å²) in [4.78, 5) is 0. The van der Waals surface area contributed by atoms with Crippen LogP contribution in [0, 0.1) is 11.3 Å². The van der Waals surface area contributed by atoms with E-state index in [4.69, 9.17) is 10.4 Å². The first-order valence-corrected chi connectivity index (χ1v) is 6.04. The number of benzene rings is 2. The van der Waals surface area contributed by atoms with E-state index >= 15 is 0 Å². The van der Waals surface area contributed by atoms with Gasteiger partial charge in [-0.1, -0.05) is 36.4 Å². The van der Waals surface area contributed by atoms with Gasteiger partial charge in [-0.05, 0) is 41.7 Å². The minimum absolute atomic E-state index is 0.234. The topological polar surface area (TPSA) is 44.0 Å². The molecule has 0 unspecified atom stereocenters. The lowest BCUT2D eigenvalue weighted by Crippen LogP contribution is -1.89. The predicted octanol–water partition coefficient (Wildman–Crippen LogP) is 3.15. The number of nitrogens with zero attached hydrogens (tertiary/aromatic N) is 1. The van der Waals surface area contributed by atoms with Crippen LogP contribution in [0.3, 0.4) is 0 Å². The van der Waals surface area contributed by atoms with Gasteiger partial charge < -0.3 is 5.11 Å². The maximum absolute atomic E-state index is 8.78. The normalized spacial score (nSPS) is 10.0. The highest BCUT2D eigenvalue weighted by Crippen LogP contribution is 2.20. The third-order valence-corrected chi connectivity index (χ3v) is 2.92. The number of hydrogen-bond donors (Lipinski definition) is 1. The van der Waals surface area contributed by atoms with Crippen LogP contribution in [0.4, 0.5) is 0 Å². The number of hydrogen-bond acceptors (Lipinski definition) is 2. The third-order valence-electron chi connectivity index (χ3n) is 2.92. The molecule has 0 heterocycles. The molecule has 0 aliphatic carbocycles. The van der Waals surface area contributed by atoms with Crippen LogP contribution < -0.4 is 0 Å². The average Bonchev–Trinajstić information content (AvgIpc) is 2.46. The van der Waals surface area contributed by atoms with Gasteiger partial charge in [0.15, 0.2) is 0 Å². The first-order chi connectivity index (χ1) is 8.83. The molecule has 0 radical (unpaired) electrons. The lowest BCUT2D eigenvalue weighted by atomic mass is 10.0. The van der Waals surface area contributed by atoms with E-state index in [0.717, 1.165) is 24.0 Å². The van der Waals surface area contributed by atoms with Crippen molar-refractivity contribution in [3.05, 3.63) is 59.7 Å². The lowest BCUT2D eigenvalue weighted by molar-refractivity contribution is 0.288. The highest BCUT2D eigenvalue weighted by Gasteiger charge is 1.98. The van der Waals surface area contributed by atoms with Crippen molar-refractivity contribution in [3.63, 3.8) is 0 Å². The Kier molecular flexibility index (Phi) is 4.11. The number of aryl methyl sites for hydroxylation is 1. The van der Waals surface area contributed by atoms with E-state index in [2.05, 4.69) is 30.3 Å². The van der Waals surface area contributed by atoms with Crippen molar-refractivity contribution in [1.29, 1.82) is 5.26 Å². The molecule has 0 saturated carbocycles. The van der Waals surface area contributed by atoms with Crippen LogP contribution >= 0.6 is 0 Å². The average molecular weight is 237 g/mol. The van der Waals surface area contributed by atoms with Gasteiger partial charge >= 0.3 is 0 Å². The molecule has 2 heteroatoms. The molecule has 0 aliphatic heterocycles. The molecule has 0 atom stereocenters. The fourth-order valence-electron chi connectivity index (χ4n) is 1.88. The molecule has 2 rings (SSSR count). The van der Waals surface area contributed by atoms with Gasteiger partial charge in [-0.3, -0.25) is 0 Å². The zero-order chi connectivity index (χ0) is 12.8. The molecule has 90 valence electrons. The van der Waals surface area contributed by atoms with Gasteiger partial charge in [0, 0.05) is 6.61 Å². The van der Waals surface area contributed by atoms with E-state index in [-0.39, 0.29) is 6.61 Å². The highest BCUT2D eigenvalue weighted by atomic mass is 16.2. The molecular weight excluding hydrogens is 222 g/mol. The molecule has 0 saturated heterocycles. The summed E-state index contributed by atoms with van der Waals surface area (Å²) in [6.45, 7) is 0.234. The third kappa shape index (κ3) is 2.97. The maximum atomic E-state index is 8.78. The number of aliphatic hydroxyl groups excluding tert-OH is 1. The summed E-state index contributed by atoms with van der Waals surface area (Å²) in [7, 11) is 0. The molecule has 2 nitrogen and oxygen atoms in total. The summed E-state index contributed by atoms with van der Waals surface area (Å²) in [5.74, 6) is 0. The minimum atomic E-state index is 0.234. The molecule has 0 aliphatic rings. The van der Waals surface area contributed by atoms with Crippen LogP contribution in [0.1, 0.15) is 17.5 Å². The Balaban J connectivity index is 2.15. The number of nitriles is 1. The van der Waals surface area contributed by atoms with Crippen LogP contribution in [0.2, 0.25) is 0 Å². The van der Waals surface area contributed by atoms with E-state index in [9.17, 15) is 0 Å². The summed E-state index contributed by atoms with van der Waals surface area (Å²) in [6, 6.07) is 18.0. The Labute approximate surface area is 107 Å². The molecular formula is C16H15NO. The van der Waals surface area contributed by atoms with E-state index in [1.54, 1.807) is 0 Å². The Morgan fingerprint density at radius 1 is 0.889 bits per heavy atom. The van der Waals surface area contributed by atoms with Gasteiger partial charge in [0.1, 0.15) is 0 Å². The zero-order valence-electron chi connectivity index (χ0n) is 10.1. The van der Waals surface area contributed by atoms with Gasteiger partial charge in [-0.2, -0.15) is 5.26 Å². The first-order valence-electron chi connectivity index (χ1n) is 6.04. The van der Waals surface area contributed by atoms with Crippen molar-refractivity contribution >= 4 is 0 Å². The first kappa shape index (κ1) is 12.3. The Morgan fingerprint density at radius 2 is 1.44 bits per heavy atom. The number of aliphatic hydroxyl groups is 1. The summed E-state index contributed by atoms with van der Waals surface area (Å²) in [5, 5.41) is 17.5. The second-order valence-electron chi connectivity index (χ2n) is 4.21. The van der Waals surface area contributed by atoms with Crippen molar-refractivity contribution in [2.45, 2.75) is 12.8 Å². The van der Waals surface area contributed by atoms with Crippen LogP contribution in [-0.4, -0.2) is 11.7 Å². The van der Waals surface area contributed by atoms with Crippen LogP contribution in [0.15, 0.2) is 48.5 Å². The van der Waals surface area contributed by atoms with Crippen molar-refractivity contribution in [1.82, 2.24) is 0 Å². The lowest BCUT2D eigenvalue weighted by Gasteiger charge is -2.04. The van der Waals surface area contributed by atoms with E-state index in [1.807, 2.05) is 24.3 Å². The Morgan fingerprint density at radius 3 is 1.94 bits per heavy atom. The Bertz CT molecular complexity index is 535. The molecule has 0 bridgehead atoms. The van der Waals surface area contributed by atoms with Crippen molar-refractivity contribution < 1.29 is 5.11 Å². The smallest absolute Gasteiger partial charge is 0.0991 e. The molecule has 2 aromatic rings. The van der Waals surface area contributed by atoms with Gasteiger partial charge in [0.05, 0.1) is 11.6 Å². The second kappa shape index (κ2) is 6.00. The molecule has 0 spiro atoms. The maximum Gasteiger partial charge on any atom is 0.0991 e. The number of rotatable bonds is 4. The van der Waals surface area contributed by atoms with E-state index in [1.165, 1.54) is 5.56 Å². The molecule has 0 amide bonds. The summed E-state index contributed by atoms with van der Waals surface area (Å²) in [5.41, 5.74) is 4.18. The standard InChI is InChI=1S/C16H15NO/c17-12-14-5-9-16(10-6-14)15-7-3-13(4-8-15)2-1-11-18/h3-10,18H,1-2,11H2.